The van der Waals surface area contributed by atoms with Gasteiger partial charge in [-0.15, -0.1) is 0 Å². The first-order valence-electron chi connectivity index (χ1n) is 9.40. The monoisotopic (exact) mass is 401 g/mol. The van der Waals surface area contributed by atoms with Crippen LogP contribution in [0.5, 0.6) is 0 Å². The SMILES string of the molecule is COCCNC(=O)c1cnc2cnc(N3CCC[C@@H]3c3cc(F)ccc3F)cn12. The number of imidazole rings is 1. The van der Waals surface area contributed by atoms with Crippen molar-refractivity contribution in [1.29, 1.82) is 0 Å². The maximum atomic E-state index is 14.3. The summed E-state index contributed by atoms with van der Waals surface area (Å²) in [5.74, 6) is -0.611. The third kappa shape index (κ3) is 3.77. The van der Waals surface area contributed by atoms with Crippen LogP contribution in [-0.4, -0.2) is 47.1 Å². The molecule has 2 aromatic heterocycles. The highest BCUT2D eigenvalue weighted by molar-refractivity contribution is 5.93. The Bertz CT molecular complexity index is 1040. The third-order valence-corrected chi connectivity index (χ3v) is 5.07. The van der Waals surface area contributed by atoms with Crippen molar-refractivity contribution in [2.24, 2.45) is 0 Å². The van der Waals surface area contributed by atoms with Gasteiger partial charge in [0.1, 0.15) is 23.1 Å². The number of aromatic nitrogens is 3. The molecule has 1 aliphatic heterocycles. The molecule has 0 bridgehead atoms. The molecule has 1 N–H and O–H groups in total. The van der Waals surface area contributed by atoms with Crippen LogP contribution in [0, 0.1) is 11.6 Å². The van der Waals surface area contributed by atoms with E-state index in [1.165, 1.54) is 12.3 Å². The highest BCUT2D eigenvalue weighted by Crippen LogP contribution is 2.36. The summed E-state index contributed by atoms with van der Waals surface area (Å²) in [5, 5.41) is 2.77. The van der Waals surface area contributed by atoms with E-state index in [2.05, 4.69) is 15.3 Å². The molecular weight excluding hydrogens is 380 g/mol. The summed E-state index contributed by atoms with van der Waals surface area (Å²) < 4.78 is 34.6. The van der Waals surface area contributed by atoms with Gasteiger partial charge < -0.3 is 15.0 Å². The predicted octanol–water partition coefficient (Wildman–Crippen LogP) is 2.73. The molecule has 1 aromatic carbocycles. The van der Waals surface area contributed by atoms with Crippen molar-refractivity contribution >= 4 is 17.4 Å². The van der Waals surface area contributed by atoms with Crippen molar-refractivity contribution in [1.82, 2.24) is 19.7 Å². The fourth-order valence-electron chi connectivity index (χ4n) is 3.69. The first-order chi connectivity index (χ1) is 14.1. The zero-order valence-electron chi connectivity index (χ0n) is 15.9. The molecule has 1 atom stereocenters. The summed E-state index contributed by atoms with van der Waals surface area (Å²) in [6.07, 6.45) is 6.28. The molecule has 1 fully saturated rings. The summed E-state index contributed by atoms with van der Waals surface area (Å²) in [4.78, 5) is 23.0. The van der Waals surface area contributed by atoms with Crippen LogP contribution in [0.15, 0.2) is 36.8 Å². The molecule has 0 spiro atoms. The standard InChI is InChI=1S/C20H21F2N5O2/c1-29-8-6-23-20(28)17-10-24-18-11-25-19(12-27(17)18)26-7-2-3-16(26)14-9-13(21)4-5-15(14)22/h4-5,9-12,16H,2-3,6-8H2,1H3,(H,23,28)/t16-/m1/s1. The van der Waals surface area contributed by atoms with Crippen molar-refractivity contribution in [2.75, 3.05) is 31.7 Å². The van der Waals surface area contributed by atoms with Crippen molar-refractivity contribution in [3.63, 3.8) is 0 Å². The van der Waals surface area contributed by atoms with Gasteiger partial charge in [-0.05, 0) is 31.0 Å². The van der Waals surface area contributed by atoms with Crippen molar-refractivity contribution in [2.45, 2.75) is 18.9 Å². The van der Waals surface area contributed by atoms with Gasteiger partial charge in [-0.2, -0.15) is 0 Å². The van der Waals surface area contributed by atoms with E-state index in [1.54, 1.807) is 23.9 Å². The normalized spacial score (nSPS) is 16.5. The number of methoxy groups -OCH3 is 1. The third-order valence-electron chi connectivity index (χ3n) is 5.07. The number of anilines is 1. The van der Waals surface area contributed by atoms with Crippen molar-refractivity contribution in [3.05, 3.63) is 59.7 Å². The Labute approximate surface area is 166 Å². The summed E-state index contributed by atoms with van der Waals surface area (Å²) in [6, 6.07) is 3.18. The van der Waals surface area contributed by atoms with Gasteiger partial charge >= 0.3 is 0 Å². The molecule has 0 unspecified atom stereocenters. The van der Waals surface area contributed by atoms with E-state index in [4.69, 9.17) is 4.74 Å². The van der Waals surface area contributed by atoms with Crippen LogP contribution in [0.1, 0.15) is 34.9 Å². The molecule has 1 amide bonds. The van der Waals surface area contributed by atoms with E-state index in [-0.39, 0.29) is 11.9 Å². The number of nitrogens with one attached hydrogen (secondary N) is 1. The topological polar surface area (TPSA) is 71.8 Å². The first-order valence-corrected chi connectivity index (χ1v) is 9.40. The fourth-order valence-corrected chi connectivity index (χ4v) is 3.69. The van der Waals surface area contributed by atoms with Crippen molar-refractivity contribution in [3.8, 4) is 0 Å². The predicted molar refractivity (Wildman–Crippen MR) is 103 cm³/mol. The molecule has 152 valence electrons. The van der Waals surface area contributed by atoms with E-state index < -0.39 is 11.6 Å². The van der Waals surface area contributed by atoms with Gasteiger partial charge in [-0.3, -0.25) is 9.20 Å². The van der Waals surface area contributed by atoms with Crippen LogP contribution in [-0.2, 0) is 4.74 Å². The van der Waals surface area contributed by atoms with Gasteiger partial charge in [0.25, 0.3) is 5.91 Å². The number of carbonyl (C=O) groups is 1. The number of hydrogen-bond donors (Lipinski definition) is 1. The average molecular weight is 401 g/mol. The van der Waals surface area contributed by atoms with Crippen LogP contribution < -0.4 is 10.2 Å². The molecule has 1 aliphatic rings. The number of amides is 1. The molecule has 0 radical (unpaired) electrons. The number of rotatable bonds is 6. The lowest BCUT2D eigenvalue weighted by atomic mass is 10.0. The molecule has 9 heteroatoms. The number of benzene rings is 1. The number of ether oxygens (including phenoxy) is 1. The van der Waals surface area contributed by atoms with Gasteiger partial charge in [0.2, 0.25) is 0 Å². The number of carbonyl (C=O) groups excluding carboxylic acids is 1. The second-order valence-electron chi connectivity index (χ2n) is 6.88. The summed E-state index contributed by atoms with van der Waals surface area (Å²) in [7, 11) is 1.56. The van der Waals surface area contributed by atoms with Gasteiger partial charge in [0.15, 0.2) is 5.65 Å². The molecule has 0 aliphatic carbocycles. The second-order valence-corrected chi connectivity index (χ2v) is 6.88. The molecular formula is C20H21F2N5O2. The van der Waals surface area contributed by atoms with Gasteiger partial charge in [0.05, 0.1) is 31.2 Å². The first kappa shape index (κ1) is 19.3. The van der Waals surface area contributed by atoms with Crippen LogP contribution in [0.25, 0.3) is 5.65 Å². The lowest BCUT2D eigenvalue weighted by molar-refractivity contribution is 0.0931. The van der Waals surface area contributed by atoms with Crippen LogP contribution in [0.3, 0.4) is 0 Å². The minimum absolute atomic E-state index is 0.277. The average Bonchev–Trinajstić information content (AvgIpc) is 3.36. The summed E-state index contributed by atoms with van der Waals surface area (Å²) in [6.45, 7) is 1.45. The minimum Gasteiger partial charge on any atom is -0.383 e. The fraction of sp³-hybridized carbons (Fsp3) is 0.350. The Morgan fingerprint density at radius 3 is 3.00 bits per heavy atom. The maximum Gasteiger partial charge on any atom is 0.270 e. The van der Waals surface area contributed by atoms with Gasteiger partial charge in [-0.25, -0.2) is 18.7 Å². The molecule has 0 saturated carbocycles. The number of fused-ring (bicyclic) bond motifs is 1. The number of hydrogen-bond acceptors (Lipinski definition) is 5. The van der Waals surface area contributed by atoms with E-state index in [1.807, 2.05) is 4.90 Å². The van der Waals surface area contributed by atoms with Crippen LogP contribution in [0.2, 0.25) is 0 Å². The largest absolute Gasteiger partial charge is 0.383 e. The Morgan fingerprint density at radius 1 is 1.31 bits per heavy atom. The lowest BCUT2D eigenvalue weighted by Gasteiger charge is -2.26. The molecule has 3 aromatic rings. The smallest absolute Gasteiger partial charge is 0.270 e. The van der Waals surface area contributed by atoms with Crippen LogP contribution in [0.4, 0.5) is 14.6 Å². The highest BCUT2D eigenvalue weighted by atomic mass is 19.1. The molecule has 7 nitrogen and oxygen atoms in total. The van der Waals surface area contributed by atoms with Crippen molar-refractivity contribution < 1.29 is 18.3 Å². The Balaban J connectivity index is 1.65. The van der Waals surface area contributed by atoms with Crippen LogP contribution >= 0.6 is 0 Å². The summed E-state index contributed by atoms with van der Waals surface area (Å²) in [5.41, 5.74) is 1.21. The second kappa shape index (κ2) is 8.12. The Morgan fingerprint density at radius 2 is 2.17 bits per heavy atom. The highest BCUT2D eigenvalue weighted by Gasteiger charge is 2.30. The Hall–Kier alpha value is -3.07. The lowest BCUT2D eigenvalue weighted by Crippen LogP contribution is -2.28. The zero-order chi connectivity index (χ0) is 20.4. The summed E-state index contributed by atoms with van der Waals surface area (Å²) >= 11 is 0. The molecule has 4 rings (SSSR count). The maximum absolute atomic E-state index is 14.3. The van der Waals surface area contributed by atoms with E-state index in [9.17, 15) is 13.6 Å². The van der Waals surface area contributed by atoms with E-state index in [0.29, 0.717) is 48.8 Å². The number of halogens is 2. The van der Waals surface area contributed by atoms with Gasteiger partial charge in [0, 0.05) is 25.8 Å². The molecule has 1 saturated heterocycles. The Kier molecular flexibility index (Phi) is 5.39. The zero-order valence-corrected chi connectivity index (χ0v) is 15.9. The molecule has 3 heterocycles. The van der Waals surface area contributed by atoms with Gasteiger partial charge in [-0.1, -0.05) is 0 Å². The van der Waals surface area contributed by atoms with E-state index >= 15 is 0 Å². The molecule has 29 heavy (non-hydrogen) atoms. The minimum atomic E-state index is -0.471. The van der Waals surface area contributed by atoms with E-state index in [0.717, 1.165) is 18.6 Å². The number of nitrogens with zero attached hydrogens (tertiary/aromatic N) is 4. The quantitative estimate of drug-likeness (QED) is 0.643.